The molecule has 0 amide bonds. The Labute approximate surface area is 94.1 Å². The van der Waals surface area contributed by atoms with Crippen LogP contribution in [-0.2, 0) is 6.54 Å². The highest BCUT2D eigenvalue weighted by Crippen LogP contribution is 2.08. The maximum Gasteiger partial charge on any atom is 0.299 e. The largest absolute Gasteiger partial charge is 0.299 e. The van der Waals surface area contributed by atoms with Crippen LogP contribution >= 0.6 is 0 Å². The zero-order valence-electron chi connectivity index (χ0n) is 8.80. The van der Waals surface area contributed by atoms with Gasteiger partial charge in [0.1, 0.15) is 12.3 Å². The number of hydrogen-bond donors (Lipinski definition) is 1. The van der Waals surface area contributed by atoms with Gasteiger partial charge in [0.2, 0.25) is 0 Å². The molecule has 78 valence electrons. The third kappa shape index (κ3) is 1.56. The number of fused-ring (bicyclic) bond motifs is 1. The Morgan fingerprint density at radius 1 is 1.00 bits per heavy atom. The van der Waals surface area contributed by atoms with Crippen LogP contribution in [-0.4, -0.2) is 5.71 Å². The molecule has 0 atom stereocenters. The van der Waals surface area contributed by atoms with E-state index in [-0.39, 0.29) is 0 Å². The summed E-state index contributed by atoms with van der Waals surface area (Å²) in [5.74, 6) is 1.03. The molecular formula is C13H12N3+. The molecule has 2 aromatic rings. The number of nitrogens with one attached hydrogen (secondary N) is 1. The Morgan fingerprint density at radius 3 is 2.69 bits per heavy atom. The first kappa shape index (κ1) is 9.09. The van der Waals surface area contributed by atoms with Crippen LogP contribution in [0.4, 0.5) is 5.82 Å². The second-order valence-electron chi connectivity index (χ2n) is 3.75. The first-order valence-corrected chi connectivity index (χ1v) is 5.30. The zero-order valence-corrected chi connectivity index (χ0v) is 8.80. The Bertz CT molecular complexity index is 532. The number of aromatic nitrogens is 1. The minimum Gasteiger partial charge on any atom is -0.227 e. The van der Waals surface area contributed by atoms with Crippen molar-refractivity contribution in [2.45, 2.75) is 6.54 Å². The number of benzene rings is 1. The fraction of sp³-hybridized carbons (Fsp3) is 0.0769. The van der Waals surface area contributed by atoms with Gasteiger partial charge in [-0.1, -0.05) is 41.5 Å². The number of anilines is 1. The molecular weight excluding hydrogens is 198 g/mol. The van der Waals surface area contributed by atoms with Gasteiger partial charge in [0, 0.05) is 11.6 Å². The normalized spacial score (nSPS) is 13.6. The van der Waals surface area contributed by atoms with Gasteiger partial charge in [-0.2, -0.15) is 0 Å². The molecule has 3 nitrogen and oxygen atoms in total. The minimum absolute atomic E-state index is 0.813. The first-order chi connectivity index (χ1) is 7.93. The van der Waals surface area contributed by atoms with Crippen LogP contribution in [0.5, 0.6) is 0 Å². The zero-order chi connectivity index (χ0) is 10.8. The van der Waals surface area contributed by atoms with Gasteiger partial charge in [0.25, 0.3) is 5.82 Å². The van der Waals surface area contributed by atoms with Crippen molar-refractivity contribution in [2.24, 2.45) is 5.10 Å². The quantitative estimate of drug-likeness (QED) is 0.714. The van der Waals surface area contributed by atoms with Crippen LogP contribution < -0.4 is 9.99 Å². The van der Waals surface area contributed by atoms with Crippen molar-refractivity contribution in [2.75, 3.05) is 5.43 Å². The monoisotopic (exact) mass is 210 g/mol. The summed E-state index contributed by atoms with van der Waals surface area (Å²) in [6.45, 7) is 0.813. The van der Waals surface area contributed by atoms with E-state index < -0.39 is 0 Å². The molecule has 0 saturated heterocycles. The van der Waals surface area contributed by atoms with Crippen molar-refractivity contribution < 1.29 is 4.57 Å². The standard InChI is InChI=1S/C13H11N3/c1-2-6-11(7-3-1)12-10-16-9-5-4-8-13(16)15-14-12/h1-9H,10H2/p+1. The molecule has 0 unspecified atom stereocenters. The van der Waals surface area contributed by atoms with Gasteiger partial charge < -0.3 is 0 Å². The summed E-state index contributed by atoms with van der Waals surface area (Å²) in [5.41, 5.74) is 5.29. The van der Waals surface area contributed by atoms with Gasteiger partial charge in [-0.15, -0.1) is 5.43 Å². The van der Waals surface area contributed by atoms with Crippen LogP contribution in [0.15, 0.2) is 59.8 Å². The van der Waals surface area contributed by atoms with Gasteiger partial charge in [0.15, 0.2) is 0 Å². The topological polar surface area (TPSA) is 28.3 Å². The fourth-order valence-electron chi connectivity index (χ4n) is 1.82. The highest BCUT2D eigenvalue weighted by Gasteiger charge is 2.18. The number of nitrogens with zero attached hydrogens (tertiary/aromatic N) is 2. The average molecular weight is 210 g/mol. The summed E-state index contributed by atoms with van der Waals surface area (Å²) in [4.78, 5) is 0. The van der Waals surface area contributed by atoms with Crippen molar-refractivity contribution in [3.63, 3.8) is 0 Å². The molecule has 3 heteroatoms. The van der Waals surface area contributed by atoms with Gasteiger partial charge in [-0.3, -0.25) is 0 Å². The van der Waals surface area contributed by atoms with Crippen LogP contribution in [0, 0.1) is 0 Å². The molecule has 0 radical (unpaired) electrons. The smallest absolute Gasteiger partial charge is 0.227 e. The lowest BCUT2D eigenvalue weighted by Gasteiger charge is -2.11. The summed E-state index contributed by atoms with van der Waals surface area (Å²) in [5, 5.41) is 4.39. The molecule has 1 aliphatic rings. The van der Waals surface area contributed by atoms with Crippen LogP contribution in [0.25, 0.3) is 0 Å². The van der Waals surface area contributed by atoms with Crippen molar-refractivity contribution in [3.8, 4) is 0 Å². The van der Waals surface area contributed by atoms with Crippen LogP contribution in [0.1, 0.15) is 5.56 Å². The van der Waals surface area contributed by atoms with Gasteiger partial charge >= 0.3 is 0 Å². The fourth-order valence-corrected chi connectivity index (χ4v) is 1.82. The third-order valence-electron chi connectivity index (χ3n) is 2.67. The number of pyridine rings is 1. The molecule has 1 N–H and O–H groups in total. The van der Waals surface area contributed by atoms with Crippen molar-refractivity contribution in [1.82, 2.24) is 0 Å². The Kier molecular flexibility index (Phi) is 2.14. The lowest BCUT2D eigenvalue weighted by Crippen LogP contribution is -2.43. The maximum atomic E-state index is 4.39. The molecule has 1 aliphatic heterocycles. The molecule has 0 spiro atoms. The average Bonchev–Trinajstić information content (AvgIpc) is 2.39. The molecule has 1 aromatic carbocycles. The molecule has 3 rings (SSSR count). The number of hydrogen-bond acceptors (Lipinski definition) is 2. The van der Waals surface area contributed by atoms with Crippen LogP contribution in [0.3, 0.4) is 0 Å². The van der Waals surface area contributed by atoms with E-state index >= 15 is 0 Å². The summed E-state index contributed by atoms with van der Waals surface area (Å²) < 4.78 is 2.15. The molecule has 0 fully saturated rings. The van der Waals surface area contributed by atoms with E-state index in [0.717, 1.165) is 23.6 Å². The minimum atomic E-state index is 0.813. The van der Waals surface area contributed by atoms with Crippen molar-refractivity contribution in [1.29, 1.82) is 0 Å². The molecule has 16 heavy (non-hydrogen) atoms. The van der Waals surface area contributed by atoms with E-state index in [1.54, 1.807) is 0 Å². The van der Waals surface area contributed by atoms with E-state index in [2.05, 4.69) is 33.4 Å². The molecule has 1 aromatic heterocycles. The molecule has 0 bridgehead atoms. The summed E-state index contributed by atoms with van der Waals surface area (Å²) >= 11 is 0. The molecule has 2 heterocycles. The highest BCUT2D eigenvalue weighted by molar-refractivity contribution is 6.00. The lowest BCUT2D eigenvalue weighted by molar-refractivity contribution is -0.669. The van der Waals surface area contributed by atoms with E-state index in [1.807, 2.05) is 36.4 Å². The summed E-state index contributed by atoms with van der Waals surface area (Å²) in [7, 11) is 0. The van der Waals surface area contributed by atoms with Gasteiger partial charge in [0.05, 0.1) is 6.20 Å². The maximum absolute atomic E-state index is 4.39. The Balaban J connectivity index is 1.95. The van der Waals surface area contributed by atoms with E-state index in [1.165, 1.54) is 0 Å². The second-order valence-corrected chi connectivity index (χ2v) is 3.75. The number of hydrazone groups is 1. The molecule has 0 saturated carbocycles. The van der Waals surface area contributed by atoms with Crippen molar-refractivity contribution >= 4 is 11.5 Å². The Morgan fingerprint density at radius 2 is 1.81 bits per heavy atom. The number of rotatable bonds is 1. The summed E-state index contributed by atoms with van der Waals surface area (Å²) in [6.07, 6.45) is 2.06. The van der Waals surface area contributed by atoms with E-state index in [4.69, 9.17) is 0 Å². The predicted octanol–water partition coefficient (Wildman–Crippen LogP) is 1.80. The first-order valence-electron chi connectivity index (χ1n) is 5.30. The summed E-state index contributed by atoms with van der Waals surface area (Å²) in [6, 6.07) is 16.3. The van der Waals surface area contributed by atoms with Gasteiger partial charge in [-0.25, -0.2) is 4.57 Å². The second kappa shape index (κ2) is 3.77. The predicted molar refractivity (Wildman–Crippen MR) is 63.2 cm³/mol. The lowest BCUT2D eigenvalue weighted by atomic mass is 10.1. The van der Waals surface area contributed by atoms with E-state index in [9.17, 15) is 0 Å². The Hall–Kier alpha value is -2.16. The van der Waals surface area contributed by atoms with E-state index in [0.29, 0.717) is 0 Å². The van der Waals surface area contributed by atoms with Crippen molar-refractivity contribution in [3.05, 3.63) is 60.3 Å². The molecule has 0 aliphatic carbocycles. The van der Waals surface area contributed by atoms with Gasteiger partial charge in [-0.05, 0) is 6.07 Å². The highest BCUT2D eigenvalue weighted by atomic mass is 15.4. The third-order valence-corrected chi connectivity index (χ3v) is 2.67. The SMILES string of the molecule is c1ccc(C2=NNc3cccc[n+]3C2)cc1. The van der Waals surface area contributed by atoms with Crippen LogP contribution in [0.2, 0.25) is 0 Å².